The first-order valence-corrected chi connectivity index (χ1v) is 9.56. The molecular formula is C18H32IN7O2. The highest BCUT2D eigenvalue weighted by Gasteiger charge is 2.27. The quantitative estimate of drug-likeness (QED) is 0.327. The Hall–Kier alpha value is -1.85. The summed E-state index contributed by atoms with van der Waals surface area (Å²) in [5.41, 5.74) is 0.811. The lowest BCUT2D eigenvalue weighted by atomic mass is 10.2. The van der Waals surface area contributed by atoms with Gasteiger partial charge < -0.3 is 20.4 Å². The summed E-state index contributed by atoms with van der Waals surface area (Å²) >= 11 is 0. The second kappa shape index (κ2) is 11.9. The third-order valence-electron chi connectivity index (χ3n) is 4.48. The maximum Gasteiger partial charge on any atom is 0.246 e. The highest BCUT2D eigenvalue weighted by Crippen LogP contribution is 2.16. The third-order valence-corrected chi connectivity index (χ3v) is 4.48. The summed E-state index contributed by atoms with van der Waals surface area (Å²) in [5, 5.41) is 10.3. The first-order valence-electron chi connectivity index (χ1n) is 9.56. The lowest BCUT2D eigenvalue weighted by Gasteiger charge is -2.35. The Kier molecular flexibility index (Phi) is 10.3. The number of hydrogen-bond donors (Lipinski definition) is 2. The third kappa shape index (κ3) is 6.95. The number of amides is 2. The minimum Gasteiger partial charge on any atom is -0.357 e. The summed E-state index contributed by atoms with van der Waals surface area (Å²) in [5.74, 6) is 0.684. The monoisotopic (exact) mass is 505 g/mol. The Morgan fingerprint density at radius 2 is 2.11 bits per heavy atom. The van der Waals surface area contributed by atoms with Crippen molar-refractivity contribution >= 4 is 47.4 Å². The smallest absolute Gasteiger partial charge is 0.246 e. The molecule has 28 heavy (non-hydrogen) atoms. The fraction of sp³-hybridized carbons (Fsp3) is 0.667. The normalized spacial score (nSPS) is 15.9. The van der Waals surface area contributed by atoms with E-state index in [0.29, 0.717) is 38.6 Å². The first kappa shape index (κ1) is 24.2. The van der Waals surface area contributed by atoms with E-state index in [1.807, 2.05) is 38.9 Å². The average Bonchev–Trinajstić information content (AvgIpc) is 3.06. The summed E-state index contributed by atoms with van der Waals surface area (Å²) in [6.45, 7) is 8.59. The van der Waals surface area contributed by atoms with Crippen molar-refractivity contribution in [1.29, 1.82) is 0 Å². The molecule has 0 bridgehead atoms. The number of carbonyl (C=O) groups excluding carboxylic acids is 2. The van der Waals surface area contributed by atoms with E-state index in [-0.39, 0.29) is 48.4 Å². The highest BCUT2D eigenvalue weighted by molar-refractivity contribution is 14.0. The lowest BCUT2D eigenvalue weighted by Crippen LogP contribution is -2.55. The molecule has 1 saturated heterocycles. The van der Waals surface area contributed by atoms with Crippen molar-refractivity contribution in [3.63, 3.8) is 0 Å². The van der Waals surface area contributed by atoms with Crippen LogP contribution in [-0.4, -0.2) is 71.2 Å². The minimum absolute atomic E-state index is 0. The van der Waals surface area contributed by atoms with Crippen molar-refractivity contribution in [2.75, 3.05) is 37.6 Å². The fourth-order valence-electron chi connectivity index (χ4n) is 2.81. The average molecular weight is 505 g/mol. The number of nitrogens with zero attached hydrogens (tertiary/aromatic N) is 5. The Balaban J connectivity index is 0.00000392. The zero-order valence-corrected chi connectivity index (χ0v) is 19.5. The van der Waals surface area contributed by atoms with Crippen molar-refractivity contribution in [1.82, 2.24) is 25.3 Å². The number of hydrogen-bond acceptors (Lipinski definition) is 4. The molecule has 2 N–H and O–H groups in total. The molecule has 2 heterocycles. The molecule has 0 aliphatic carbocycles. The van der Waals surface area contributed by atoms with Gasteiger partial charge in [-0.15, -0.1) is 24.0 Å². The van der Waals surface area contributed by atoms with E-state index in [2.05, 4.69) is 20.7 Å². The Labute approximate surface area is 183 Å². The summed E-state index contributed by atoms with van der Waals surface area (Å²) < 4.78 is 1.69. The lowest BCUT2D eigenvalue weighted by molar-refractivity contribution is -0.122. The van der Waals surface area contributed by atoms with Crippen LogP contribution >= 0.6 is 24.0 Å². The molecule has 1 aromatic heterocycles. The molecule has 0 saturated carbocycles. The van der Waals surface area contributed by atoms with Crippen LogP contribution < -0.4 is 15.5 Å². The maximum absolute atomic E-state index is 12.6. The van der Waals surface area contributed by atoms with E-state index < -0.39 is 0 Å². The van der Waals surface area contributed by atoms with Crippen LogP contribution in [0.15, 0.2) is 17.4 Å². The van der Waals surface area contributed by atoms with Crippen LogP contribution in [0.2, 0.25) is 0 Å². The van der Waals surface area contributed by atoms with Crippen LogP contribution in [0.3, 0.4) is 0 Å². The zero-order valence-electron chi connectivity index (χ0n) is 17.1. The predicted molar refractivity (Wildman–Crippen MR) is 121 cm³/mol. The molecule has 1 atom stereocenters. The summed E-state index contributed by atoms with van der Waals surface area (Å²) in [6, 6.07) is 0.174. The van der Waals surface area contributed by atoms with E-state index in [1.165, 1.54) is 0 Å². The van der Waals surface area contributed by atoms with E-state index in [9.17, 15) is 9.59 Å². The first-order chi connectivity index (χ1) is 12.9. The molecule has 1 unspecified atom stereocenters. The Morgan fingerprint density at radius 1 is 1.36 bits per heavy atom. The molecule has 0 radical (unpaired) electrons. The van der Waals surface area contributed by atoms with Crippen LogP contribution in [0.1, 0.15) is 33.6 Å². The maximum atomic E-state index is 12.6. The van der Waals surface area contributed by atoms with Gasteiger partial charge >= 0.3 is 0 Å². The van der Waals surface area contributed by atoms with Gasteiger partial charge in [0.05, 0.1) is 18.4 Å². The van der Waals surface area contributed by atoms with E-state index in [0.717, 1.165) is 12.1 Å². The largest absolute Gasteiger partial charge is 0.357 e. The molecule has 9 nitrogen and oxygen atoms in total. The van der Waals surface area contributed by atoms with Gasteiger partial charge in [0, 0.05) is 45.3 Å². The van der Waals surface area contributed by atoms with Gasteiger partial charge in [0.2, 0.25) is 11.8 Å². The standard InChI is InChI=1S/C18H31N7O2.HI/c1-5-14(3)22-16(26)7-8-20-18(19-6-2)24-9-10-25(17(27)13-24)15-11-21-23(4)12-15;/h11-12,14H,5-10,13H2,1-4H3,(H,19,20)(H,22,26);1H. The molecule has 2 rings (SSSR count). The van der Waals surface area contributed by atoms with Crippen LogP contribution in [0.5, 0.6) is 0 Å². The molecule has 1 aliphatic rings. The summed E-state index contributed by atoms with van der Waals surface area (Å²) in [6.07, 6.45) is 4.77. The number of halogens is 1. The van der Waals surface area contributed by atoms with Crippen LogP contribution in [0.25, 0.3) is 0 Å². The zero-order chi connectivity index (χ0) is 19.8. The SMILES string of the molecule is CCNC(=NCCC(=O)NC(C)CC)N1CCN(c2cnn(C)c2)C(=O)C1.I. The second-order valence-corrected chi connectivity index (χ2v) is 6.70. The van der Waals surface area contributed by atoms with E-state index >= 15 is 0 Å². The number of anilines is 1. The number of aliphatic imine (C=N–C) groups is 1. The predicted octanol–water partition coefficient (Wildman–Crippen LogP) is 0.957. The number of carbonyl (C=O) groups is 2. The molecule has 1 fully saturated rings. The second-order valence-electron chi connectivity index (χ2n) is 6.70. The highest BCUT2D eigenvalue weighted by atomic mass is 127. The van der Waals surface area contributed by atoms with Gasteiger partial charge in [-0.2, -0.15) is 5.10 Å². The number of aryl methyl sites for hydroxylation is 1. The molecular weight excluding hydrogens is 473 g/mol. The van der Waals surface area contributed by atoms with Gasteiger partial charge in [-0.05, 0) is 20.3 Å². The van der Waals surface area contributed by atoms with E-state index in [1.54, 1.807) is 15.8 Å². The number of aromatic nitrogens is 2. The number of nitrogens with one attached hydrogen (secondary N) is 2. The van der Waals surface area contributed by atoms with Crippen LogP contribution in [0.4, 0.5) is 5.69 Å². The summed E-state index contributed by atoms with van der Waals surface area (Å²) in [7, 11) is 1.83. The number of rotatable bonds is 7. The van der Waals surface area contributed by atoms with Gasteiger partial charge in [0.15, 0.2) is 5.96 Å². The molecule has 0 aromatic carbocycles. The van der Waals surface area contributed by atoms with Crippen molar-refractivity contribution in [2.24, 2.45) is 12.0 Å². The van der Waals surface area contributed by atoms with Gasteiger partial charge in [-0.3, -0.25) is 19.3 Å². The Morgan fingerprint density at radius 3 is 2.68 bits per heavy atom. The Bertz CT molecular complexity index is 677. The molecule has 0 spiro atoms. The molecule has 1 aliphatic heterocycles. The van der Waals surface area contributed by atoms with Gasteiger partial charge in [-0.1, -0.05) is 6.92 Å². The summed E-state index contributed by atoms with van der Waals surface area (Å²) in [4.78, 5) is 32.7. The number of guanidine groups is 1. The van der Waals surface area contributed by atoms with E-state index in [4.69, 9.17) is 0 Å². The van der Waals surface area contributed by atoms with Crippen molar-refractivity contribution < 1.29 is 9.59 Å². The van der Waals surface area contributed by atoms with Crippen molar-refractivity contribution in [3.8, 4) is 0 Å². The van der Waals surface area contributed by atoms with Crippen LogP contribution in [0, 0.1) is 0 Å². The van der Waals surface area contributed by atoms with Gasteiger partial charge in [-0.25, -0.2) is 0 Å². The van der Waals surface area contributed by atoms with Crippen molar-refractivity contribution in [2.45, 2.75) is 39.7 Å². The fourth-order valence-corrected chi connectivity index (χ4v) is 2.81. The molecule has 10 heteroatoms. The van der Waals surface area contributed by atoms with Crippen LogP contribution in [-0.2, 0) is 16.6 Å². The van der Waals surface area contributed by atoms with Gasteiger partial charge in [0.1, 0.15) is 6.54 Å². The van der Waals surface area contributed by atoms with Gasteiger partial charge in [0.25, 0.3) is 0 Å². The van der Waals surface area contributed by atoms with Crippen molar-refractivity contribution in [3.05, 3.63) is 12.4 Å². The molecule has 1 aromatic rings. The topological polar surface area (TPSA) is 94.9 Å². The molecule has 2 amide bonds. The molecule has 158 valence electrons. The number of piperazine rings is 1. The minimum atomic E-state index is 0.